The van der Waals surface area contributed by atoms with Crippen molar-refractivity contribution in [1.82, 2.24) is 5.43 Å². The number of nitrogens with two attached hydrogens (primary N) is 1. The number of carbonyl (C=O) groups excluding carboxylic acids is 1. The van der Waals surface area contributed by atoms with E-state index in [-0.39, 0.29) is 23.1 Å². The lowest BCUT2D eigenvalue weighted by atomic mass is 9.98. The summed E-state index contributed by atoms with van der Waals surface area (Å²) in [6.45, 7) is 3.78. The Balaban J connectivity index is 2.31. The van der Waals surface area contributed by atoms with Crippen LogP contribution in [0, 0.1) is 5.92 Å². The van der Waals surface area contributed by atoms with E-state index in [1.165, 1.54) is 0 Å². The molecule has 0 bridgehead atoms. The van der Waals surface area contributed by atoms with Gasteiger partial charge in [0.05, 0.1) is 12.0 Å². The topological polar surface area (TPSA) is 76.7 Å². The van der Waals surface area contributed by atoms with Crippen LogP contribution in [0.3, 0.4) is 0 Å². The predicted molar refractivity (Wildman–Crippen MR) is 65.9 cm³/mol. The first-order valence-electron chi connectivity index (χ1n) is 5.28. The van der Waals surface area contributed by atoms with E-state index in [1.807, 2.05) is 13.8 Å². The smallest absolute Gasteiger partial charge is 0.309 e. The summed E-state index contributed by atoms with van der Waals surface area (Å²) in [5.41, 5.74) is 8.64. The van der Waals surface area contributed by atoms with Crippen molar-refractivity contribution < 1.29 is 9.53 Å². The van der Waals surface area contributed by atoms with E-state index in [4.69, 9.17) is 10.5 Å². The van der Waals surface area contributed by atoms with Gasteiger partial charge in [-0.1, -0.05) is 0 Å². The fraction of sp³-hybridized carbons (Fsp3) is 0.700. The van der Waals surface area contributed by atoms with Crippen LogP contribution in [0.1, 0.15) is 33.1 Å². The van der Waals surface area contributed by atoms with E-state index in [1.54, 1.807) is 0 Å². The molecule has 0 radical (unpaired) electrons. The highest BCUT2D eigenvalue weighted by atomic mass is 32.1. The Labute approximate surface area is 100 Å². The minimum absolute atomic E-state index is 0.00461. The second kappa shape index (κ2) is 5.79. The molecule has 16 heavy (non-hydrogen) atoms. The quantitative estimate of drug-likeness (QED) is 0.332. The van der Waals surface area contributed by atoms with Gasteiger partial charge in [0.2, 0.25) is 0 Å². The molecule has 0 aromatic rings. The van der Waals surface area contributed by atoms with Gasteiger partial charge in [0.1, 0.15) is 0 Å². The summed E-state index contributed by atoms with van der Waals surface area (Å²) in [7, 11) is 0. The molecule has 0 amide bonds. The molecule has 5 nitrogen and oxygen atoms in total. The molecular formula is C10H17N3O2S. The molecule has 3 N–H and O–H groups in total. The summed E-state index contributed by atoms with van der Waals surface area (Å²) in [5.74, 6) is -0.0902. The fourth-order valence-electron chi connectivity index (χ4n) is 1.66. The van der Waals surface area contributed by atoms with Crippen LogP contribution in [-0.4, -0.2) is 22.9 Å². The van der Waals surface area contributed by atoms with Gasteiger partial charge in [0, 0.05) is 5.71 Å². The first kappa shape index (κ1) is 12.9. The minimum atomic E-state index is -0.0948. The lowest BCUT2D eigenvalue weighted by Gasteiger charge is -2.05. The van der Waals surface area contributed by atoms with Crippen LogP contribution in [-0.2, 0) is 9.53 Å². The zero-order valence-electron chi connectivity index (χ0n) is 9.53. The third-order valence-electron chi connectivity index (χ3n) is 2.48. The molecular weight excluding hydrogens is 226 g/mol. The van der Waals surface area contributed by atoms with Crippen molar-refractivity contribution in [3.63, 3.8) is 0 Å². The van der Waals surface area contributed by atoms with Crippen molar-refractivity contribution in [2.75, 3.05) is 0 Å². The molecule has 0 aliphatic carbocycles. The van der Waals surface area contributed by atoms with Crippen molar-refractivity contribution in [3.8, 4) is 0 Å². The zero-order chi connectivity index (χ0) is 12.1. The lowest BCUT2D eigenvalue weighted by molar-refractivity contribution is -0.143. The molecule has 2 atom stereocenters. The van der Waals surface area contributed by atoms with E-state index < -0.39 is 0 Å². The Kier molecular flexibility index (Phi) is 4.67. The molecule has 1 aliphatic rings. The number of hydrogen-bond acceptors (Lipinski definition) is 4. The van der Waals surface area contributed by atoms with Crippen molar-refractivity contribution in [2.45, 2.75) is 39.2 Å². The number of ether oxygens (including phenoxy) is 1. The third-order valence-corrected chi connectivity index (χ3v) is 2.57. The number of thiocarbonyl (C=S) groups is 1. The summed E-state index contributed by atoms with van der Waals surface area (Å²) >= 11 is 4.62. The fourth-order valence-corrected chi connectivity index (χ4v) is 1.71. The van der Waals surface area contributed by atoms with Crippen molar-refractivity contribution in [2.24, 2.45) is 16.8 Å². The van der Waals surface area contributed by atoms with Crippen LogP contribution < -0.4 is 11.2 Å². The minimum Gasteiger partial charge on any atom is -0.462 e. The molecule has 90 valence electrons. The first-order valence-corrected chi connectivity index (χ1v) is 5.69. The van der Waals surface area contributed by atoms with E-state index in [2.05, 4.69) is 22.7 Å². The number of carbonyl (C=O) groups is 1. The predicted octanol–water partition coefficient (Wildman–Crippen LogP) is 0.927. The van der Waals surface area contributed by atoms with E-state index in [0.29, 0.717) is 0 Å². The van der Waals surface area contributed by atoms with E-state index in [9.17, 15) is 4.79 Å². The molecule has 1 fully saturated rings. The van der Waals surface area contributed by atoms with Gasteiger partial charge < -0.3 is 10.5 Å². The van der Waals surface area contributed by atoms with Gasteiger partial charge in [-0.25, -0.2) is 0 Å². The molecule has 0 saturated carbocycles. The molecule has 0 aromatic heterocycles. The highest BCUT2D eigenvalue weighted by Crippen LogP contribution is 2.24. The summed E-state index contributed by atoms with van der Waals surface area (Å²) in [5, 5.41) is 4.12. The zero-order valence-corrected chi connectivity index (χ0v) is 10.3. The second-order valence-corrected chi connectivity index (χ2v) is 4.48. The monoisotopic (exact) mass is 243 g/mol. The second-order valence-electron chi connectivity index (χ2n) is 4.04. The standard InChI is InChI=1S/C10H17N3O2S/c1-6(12-13-10(11)16)3-4-8-5-7(2)15-9(8)14/h7-8H,3-5H2,1-2H3,(H3,11,13,16)/b12-6-/t7-,8+/m0/s1. The number of rotatable bonds is 4. The average molecular weight is 243 g/mol. The van der Waals surface area contributed by atoms with Gasteiger partial charge in [-0.05, 0) is 45.3 Å². The van der Waals surface area contributed by atoms with E-state index >= 15 is 0 Å². The van der Waals surface area contributed by atoms with Gasteiger partial charge >= 0.3 is 5.97 Å². The number of esters is 1. The summed E-state index contributed by atoms with van der Waals surface area (Å²) in [4.78, 5) is 11.3. The Morgan fingerprint density at radius 3 is 2.94 bits per heavy atom. The van der Waals surface area contributed by atoms with Gasteiger partial charge in [-0.2, -0.15) is 5.10 Å². The molecule has 0 spiro atoms. The van der Waals surface area contributed by atoms with Crippen molar-refractivity contribution in [1.29, 1.82) is 0 Å². The number of hydrazone groups is 1. The Hall–Kier alpha value is -1.17. The highest BCUT2D eigenvalue weighted by Gasteiger charge is 2.31. The molecule has 0 unspecified atom stereocenters. The largest absolute Gasteiger partial charge is 0.462 e. The maximum absolute atomic E-state index is 11.3. The first-order chi connectivity index (χ1) is 7.49. The van der Waals surface area contributed by atoms with Crippen LogP contribution in [0.15, 0.2) is 5.10 Å². The SMILES string of the molecule is C/C(CC[C@@H]1C[C@H](C)OC1=O)=N/NC(N)=S. The third kappa shape index (κ3) is 4.14. The van der Waals surface area contributed by atoms with Crippen molar-refractivity contribution >= 4 is 29.0 Å². The van der Waals surface area contributed by atoms with Gasteiger partial charge in [-0.15, -0.1) is 0 Å². The molecule has 1 heterocycles. The normalized spacial score (nSPS) is 25.4. The number of cyclic esters (lactones) is 1. The van der Waals surface area contributed by atoms with Crippen LogP contribution in [0.25, 0.3) is 0 Å². The van der Waals surface area contributed by atoms with Crippen LogP contribution in [0.5, 0.6) is 0 Å². The summed E-state index contributed by atoms with van der Waals surface area (Å²) in [6, 6.07) is 0. The summed E-state index contributed by atoms with van der Waals surface area (Å²) in [6.07, 6.45) is 2.35. The van der Waals surface area contributed by atoms with Gasteiger partial charge in [0.15, 0.2) is 5.11 Å². The maximum atomic E-state index is 11.3. The van der Waals surface area contributed by atoms with E-state index in [0.717, 1.165) is 25.0 Å². The molecule has 1 aliphatic heterocycles. The van der Waals surface area contributed by atoms with Crippen LogP contribution in [0.4, 0.5) is 0 Å². The lowest BCUT2D eigenvalue weighted by Crippen LogP contribution is -2.25. The Bertz CT molecular complexity index is 317. The molecule has 1 saturated heterocycles. The summed E-state index contributed by atoms with van der Waals surface area (Å²) < 4.78 is 5.07. The number of hydrogen-bond donors (Lipinski definition) is 2. The molecule has 1 rings (SSSR count). The molecule has 0 aromatic carbocycles. The highest BCUT2D eigenvalue weighted by molar-refractivity contribution is 7.80. The average Bonchev–Trinajstić information content (AvgIpc) is 2.51. The van der Waals surface area contributed by atoms with Gasteiger partial charge in [-0.3, -0.25) is 10.2 Å². The Morgan fingerprint density at radius 1 is 1.75 bits per heavy atom. The van der Waals surface area contributed by atoms with Crippen LogP contribution >= 0.6 is 12.2 Å². The number of nitrogens with one attached hydrogen (secondary N) is 1. The van der Waals surface area contributed by atoms with Gasteiger partial charge in [0.25, 0.3) is 0 Å². The number of nitrogens with zero attached hydrogens (tertiary/aromatic N) is 1. The van der Waals surface area contributed by atoms with Crippen LogP contribution in [0.2, 0.25) is 0 Å². The molecule has 6 heteroatoms. The van der Waals surface area contributed by atoms with Crippen molar-refractivity contribution in [3.05, 3.63) is 0 Å². The Morgan fingerprint density at radius 2 is 2.44 bits per heavy atom. The maximum Gasteiger partial charge on any atom is 0.309 e.